The Labute approximate surface area is 158 Å². The number of nitrogens with zero attached hydrogens (tertiary/aromatic N) is 2. The van der Waals surface area contributed by atoms with Gasteiger partial charge in [-0.15, -0.1) is 0 Å². The average molecular weight is 385 g/mol. The number of ketones is 1. The molecule has 0 bridgehead atoms. The van der Waals surface area contributed by atoms with Crippen molar-refractivity contribution in [2.45, 2.75) is 24.9 Å². The van der Waals surface area contributed by atoms with Crippen LogP contribution in [0.1, 0.15) is 18.4 Å². The molecule has 1 unspecified atom stereocenters. The van der Waals surface area contributed by atoms with Crippen LogP contribution in [0.25, 0.3) is 10.9 Å². The lowest BCUT2D eigenvalue weighted by atomic mass is 9.92. The predicted octanol–water partition coefficient (Wildman–Crippen LogP) is 2.51. The zero-order valence-electron chi connectivity index (χ0n) is 14.8. The number of hydrogen-bond donors (Lipinski definition) is 2. The van der Waals surface area contributed by atoms with Gasteiger partial charge in [-0.2, -0.15) is 5.10 Å². The van der Waals surface area contributed by atoms with Gasteiger partial charge in [0.05, 0.1) is 11.7 Å². The Morgan fingerprint density at radius 2 is 1.96 bits per heavy atom. The van der Waals surface area contributed by atoms with Gasteiger partial charge in [0, 0.05) is 36.5 Å². The van der Waals surface area contributed by atoms with Gasteiger partial charge in [0.2, 0.25) is 5.60 Å². The number of hydrogen-bond acceptors (Lipinski definition) is 4. The molecule has 3 aromatic rings. The van der Waals surface area contributed by atoms with E-state index >= 15 is 0 Å². The standard InChI is InChI=1S/C20H17F2N3O3/c21-14-7-12(8-15(22)10-14)1-4-18(26)20(28)5-6-25(19(20)27)16-2-3-17-13(9-16)11-23-24-17/h2-3,7-11,28H,1,4-6H2,(H,23,24). The van der Waals surface area contributed by atoms with E-state index in [1.54, 1.807) is 24.4 Å². The number of nitrogens with one attached hydrogen (secondary N) is 1. The highest BCUT2D eigenvalue weighted by molar-refractivity contribution is 6.17. The summed E-state index contributed by atoms with van der Waals surface area (Å²) in [6, 6.07) is 8.23. The summed E-state index contributed by atoms with van der Waals surface area (Å²) in [7, 11) is 0. The number of anilines is 1. The van der Waals surface area contributed by atoms with Crippen LogP contribution in [-0.4, -0.2) is 39.1 Å². The Morgan fingerprint density at radius 3 is 2.71 bits per heavy atom. The number of benzene rings is 2. The van der Waals surface area contributed by atoms with Crippen molar-refractivity contribution in [3.8, 4) is 0 Å². The number of fused-ring (bicyclic) bond motifs is 1. The lowest BCUT2D eigenvalue weighted by Crippen LogP contribution is -2.47. The Morgan fingerprint density at radius 1 is 1.21 bits per heavy atom. The van der Waals surface area contributed by atoms with E-state index in [4.69, 9.17) is 0 Å². The van der Waals surface area contributed by atoms with E-state index in [0.29, 0.717) is 11.3 Å². The van der Waals surface area contributed by atoms with Gasteiger partial charge in [-0.1, -0.05) is 0 Å². The van der Waals surface area contributed by atoms with E-state index in [9.17, 15) is 23.5 Å². The number of carbonyl (C=O) groups excluding carboxylic acids is 2. The Bertz CT molecular complexity index is 1060. The summed E-state index contributed by atoms with van der Waals surface area (Å²) in [4.78, 5) is 26.7. The number of carbonyl (C=O) groups is 2. The second-order valence-electron chi connectivity index (χ2n) is 6.91. The van der Waals surface area contributed by atoms with Crippen molar-refractivity contribution < 1.29 is 23.5 Å². The summed E-state index contributed by atoms with van der Waals surface area (Å²) in [6.45, 7) is 0.193. The van der Waals surface area contributed by atoms with Gasteiger partial charge in [-0.3, -0.25) is 14.7 Å². The zero-order chi connectivity index (χ0) is 19.9. The van der Waals surface area contributed by atoms with Crippen molar-refractivity contribution in [2.24, 2.45) is 0 Å². The van der Waals surface area contributed by atoms with Crippen LogP contribution >= 0.6 is 0 Å². The maximum absolute atomic E-state index is 13.3. The summed E-state index contributed by atoms with van der Waals surface area (Å²) in [5.41, 5.74) is -0.460. The van der Waals surface area contributed by atoms with E-state index in [-0.39, 0.29) is 25.8 Å². The summed E-state index contributed by atoms with van der Waals surface area (Å²) in [5.74, 6) is -2.82. The Hall–Kier alpha value is -3.13. The molecule has 1 fully saturated rings. The molecule has 2 heterocycles. The highest BCUT2D eigenvalue weighted by Gasteiger charge is 2.50. The number of aromatic nitrogens is 2. The average Bonchev–Trinajstić information content (AvgIpc) is 3.24. The van der Waals surface area contributed by atoms with Crippen LogP contribution in [-0.2, 0) is 16.0 Å². The summed E-state index contributed by atoms with van der Waals surface area (Å²) in [5, 5.41) is 18.3. The van der Waals surface area contributed by atoms with E-state index < -0.39 is 28.9 Å². The maximum Gasteiger partial charge on any atom is 0.266 e. The third-order valence-electron chi connectivity index (χ3n) is 5.06. The molecule has 1 saturated heterocycles. The number of halogens is 2. The minimum absolute atomic E-state index is 0.0318. The van der Waals surface area contributed by atoms with Crippen LogP contribution in [0.4, 0.5) is 14.5 Å². The van der Waals surface area contributed by atoms with E-state index in [1.807, 2.05) is 0 Å². The van der Waals surface area contributed by atoms with Gasteiger partial charge >= 0.3 is 0 Å². The first-order chi connectivity index (χ1) is 13.4. The molecule has 0 aliphatic carbocycles. The smallest absolute Gasteiger partial charge is 0.266 e. The van der Waals surface area contributed by atoms with Crippen molar-refractivity contribution in [3.05, 3.63) is 59.8 Å². The molecule has 1 atom stereocenters. The van der Waals surface area contributed by atoms with Crippen LogP contribution in [0.2, 0.25) is 0 Å². The van der Waals surface area contributed by atoms with Gasteiger partial charge in [-0.25, -0.2) is 8.78 Å². The number of rotatable bonds is 5. The molecule has 4 rings (SSSR count). The Kier molecular flexibility index (Phi) is 4.43. The normalized spacial score (nSPS) is 19.5. The highest BCUT2D eigenvalue weighted by atomic mass is 19.1. The van der Waals surface area contributed by atoms with Crippen molar-refractivity contribution in [3.63, 3.8) is 0 Å². The number of aryl methyl sites for hydroxylation is 1. The summed E-state index contributed by atoms with van der Waals surface area (Å²) in [6.07, 6.45) is 1.42. The highest BCUT2D eigenvalue weighted by Crippen LogP contribution is 2.31. The monoisotopic (exact) mass is 385 g/mol. The summed E-state index contributed by atoms with van der Waals surface area (Å²) < 4.78 is 26.6. The quantitative estimate of drug-likeness (QED) is 0.661. The number of amides is 1. The van der Waals surface area contributed by atoms with Crippen molar-refractivity contribution in [1.82, 2.24) is 10.2 Å². The van der Waals surface area contributed by atoms with E-state index in [1.165, 1.54) is 4.90 Å². The van der Waals surface area contributed by atoms with Gasteiger partial charge in [0.1, 0.15) is 11.6 Å². The topological polar surface area (TPSA) is 86.3 Å². The van der Waals surface area contributed by atoms with Gasteiger partial charge < -0.3 is 10.0 Å². The molecule has 1 aliphatic heterocycles. The molecule has 6 nitrogen and oxygen atoms in total. The second kappa shape index (κ2) is 6.79. The second-order valence-corrected chi connectivity index (χ2v) is 6.91. The molecule has 2 aromatic carbocycles. The first kappa shape index (κ1) is 18.2. The van der Waals surface area contributed by atoms with Gasteiger partial charge in [0.15, 0.2) is 5.78 Å². The molecule has 144 valence electrons. The molecule has 8 heteroatoms. The first-order valence-corrected chi connectivity index (χ1v) is 8.82. The van der Waals surface area contributed by atoms with Crippen LogP contribution in [0.15, 0.2) is 42.6 Å². The molecule has 0 spiro atoms. The molecule has 0 radical (unpaired) electrons. The molecule has 1 aliphatic rings. The largest absolute Gasteiger partial charge is 0.373 e. The number of aromatic amines is 1. The fraction of sp³-hybridized carbons (Fsp3) is 0.250. The van der Waals surface area contributed by atoms with Crippen LogP contribution in [0, 0.1) is 11.6 Å². The van der Waals surface area contributed by atoms with Crippen molar-refractivity contribution in [1.29, 1.82) is 0 Å². The fourth-order valence-corrected chi connectivity index (χ4v) is 3.53. The van der Waals surface area contributed by atoms with Gasteiger partial charge in [0.25, 0.3) is 5.91 Å². The lowest BCUT2D eigenvalue weighted by Gasteiger charge is -2.21. The number of H-pyrrole nitrogens is 1. The third kappa shape index (κ3) is 3.16. The molecule has 28 heavy (non-hydrogen) atoms. The third-order valence-corrected chi connectivity index (χ3v) is 5.06. The van der Waals surface area contributed by atoms with Crippen molar-refractivity contribution >= 4 is 28.3 Å². The molecule has 1 aromatic heterocycles. The molecular formula is C20H17F2N3O3. The maximum atomic E-state index is 13.3. The van der Waals surface area contributed by atoms with E-state index in [2.05, 4.69) is 10.2 Å². The van der Waals surface area contributed by atoms with Crippen molar-refractivity contribution in [2.75, 3.05) is 11.4 Å². The lowest BCUT2D eigenvalue weighted by molar-refractivity contribution is -0.147. The molecular weight excluding hydrogens is 368 g/mol. The summed E-state index contributed by atoms with van der Waals surface area (Å²) >= 11 is 0. The minimum Gasteiger partial charge on any atom is -0.373 e. The van der Waals surface area contributed by atoms with Gasteiger partial charge in [-0.05, 0) is 42.3 Å². The SMILES string of the molecule is O=C(CCc1cc(F)cc(F)c1)C1(O)CCN(c2ccc3[nH]ncc3c2)C1=O. The molecule has 1 amide bonds. The van der Waals surface area contributed by atoms with Crippen LogP contribution in [0.3, 0.4) is 0 Å². The fourth-order valence-electron chi connectivity index (χ4n) is 3.53. The first-order valence-electron chi connectivity index (χ1n) is 8.82. The van der Waals surface area contributed by atoms with Crippen LogP contribution < -0.4 is 4.90 Å². The molecule has 0 saturated carbocycles. The number of aliphatic hydroxyl groups is 1. The minimum atomic E-state index is -2.13. The Balaban J connectivity index is 1.49. The molecule has 2 N–H and O–H groups in total. The van der Waals surface area contributed by atoms with E-state index in [0.717, 1.165) is 29.1 Å². The van der Waals surface area contributed by atoms with Crippen LogP contribution in [0.5, 0.6) is 0 Å². The predicted molar refractivity (Wildman–Crippen MR) is 97.7 cm³/mol. The zero-order valence-corrected chi connectivity index (χ0v) is 14.8. The number of Topliss-reactive ketones (excluding diaryl/α,β-unsaturated/α-hetero) is 1.